The van der Waals surface area contributed by atoms with Crippen molar-refractivity contribution in [3.8, 4) is 0 Å². The van der Waals surface area contributed by atoms with Crippen LogP contribution in [0.5, 0.6) is 0 Å². The second-order valence-electron chi connectivity index (χ2n) is 4.64. The van der Waals surface area contributed by atoms with Gasteiger partial charge >= 0.3 is 0 Å². The highest BCUT2D eigenvalue weighted by atomic mass is 16.5. The van der Waals surface area contributed by atoms with Crippen LogP contribution in [-0.2, 0) is 23.0 Å². The van der Waals surface area contributed by atoms with Gasteiger partial charge in [0, 0.05) is 19.3 Å². The molecule has 1 aromatic rings. The Hall–Kier alpha value is -1.16. The minimum absolute atomic E-state index is 0.150. The van der Waals surface area contributed by atoms with E-state index in [4.69, 9.17) is 4.74 Å². The predicted octanol–water partition coefficient (Wildman–Crippen LogP) is 2.44. The normalized spacial score (nSPS) is 11.8. The second kappa shape index (κ2) is 6.14. The van der Waals surface area contributed by atoms with E-state index in [1.165, 1.54) is 0 Å². The first-order valence-electron chi connectivity index (χ1n) is 6.65. The molecule has 0 aliphatic carbocycles. The maximum absolute atomic E-state index is 12.5. The van der Waals surface area contributed by atoms with Crippen LogP contribution in [0.3, 0.4) is 0 Å². The zero-order valence-corrected chi connectivity index (χ0v) is 12.1. The van der Waals surface area contributed by atoms with Crippen LogP contribution in [0.2, 0.25) is 0 Å². The zero-order chi connectivity index (χ0) is 13.8. The van der Waals surface area contributed by atoms with Crippen LogP contribution >= 0.6 is 0 Å². The molecular weight excluding hydrogens is 228 g/mol. The van der Waals surface area contributed by atoms with Crippen molar-refractivity contribution in [2.24, 2.45) is 7.05 Å². The molecule has 4 heteroatoms. The van der Waals surface area contributed by atoms with Crippen molar-refractivity contribution >= 4 is 5.78 Å². The average Bonchev–Trinajstić information content (AvgIpc) is 2.65. The summed E-state index contributed by atoms with van der Waals surface area (Å²) in [4.78, 5) is 12.5. The molecule has 0 saturated carbocycles. The first-order valence-corrected chi connectivity index (χ1v) is 6.65. The Morgan fingerprint density at radius 2 is 2.00 bits per heavy atom. The Morgan fingerprint density at radius 3 is 2.39 bits per heavy atom. The van der Waals surface area contributed by atoms with E-state index in [0.29, 0.717) is 25.9 Å². The fourth-order valence-electron chi connectivity index (χ4n) is 2.36. The Morgan fingerprint density at radius 1 is 1.39 bits per heavy atom. The van der Waals surface area contributed by atoms with Gasteiger partial charge in [-0.05, 0) is 32.8 Å². The quantitative estimate of drug-likeness (QED) is 0.748. The van der Waals surface area contributed by atoms with Crippen molar-refractivity contribution in [1.29, 1.82) is 0 Å². The van der Waals surface area contributed by atoms with Gasteiger partial charge in [-0.15, -0.1) is 0 Å². The number of carbonyl (C=O) groups is 1. The van der Waals surface area contributed by atoms with Gasteiger partial charge in [-0.3, -0.25) is 9.48 Å². The lowest BCUT2D eigenvalue weighted by molar-refractivity contribution is -0.144. The Kier molecular flexibility index (Phi) is 5.08. The molecule has 0 bridgehead atoms. The topological polar surface area (TPSA) is 44.1 Å². The van der Waals surface area contributed by atoms with Gasteiger partial charge in [-0.25, -0.2) is 0 Å². The van der Waals surface area contributed by atoms with Crippen LogP contribution < -0.4 is 0 Å². The van der Waals surface area contributed by atoms with E-state index in [0.717, 1.165) is 11.4 Å². The van der Waals surface area contributed by atoms with Crippen LogP contribution in [0.4, 0.5) is 0 Å². The van der Waals surface area contributed by atoms with Crippen molar-refractivity contribution in [3.05, 3.63) is 17.5 Å². The molecule has 1 heterocycles. The zero-order valence-electron chi connectivity index (χ0n) is 12.1. The van der Waals surface area contributed by atoms with Crippen LogP contribution in [0.15, 0.2) is 6.07 Å². The Labute approximate surface area is 109 Å². The van der Waals surface area contributed by atoms with Crippen molar-refractivity contribution < 1.29 is 9.53 Å². The molecule has 0 amide bonds. The largest absolute Gasteiger partial charge is 0.368 e. The number of ether oxygens (including phenoxy) is 1. The van der Waals surface area contributed by atoms with Crippen LogP contribution in [0.25, 0.3) is 0 Å². The van der Waals surface area contributed by atoms with E-state index in [1.807, 2.05) is 40.8 Å². The van der Waals surface area contributed by atoms with Gasteiger partial charge in [0.15, 0.2) is 5.78 Å². The van der Waals surface area contributed by atoms with E-state index in [-0.39, 0.29) is 5.78 Å². The van der Waals surface area contributed by atoms with Crippen LogP contribution in [0.1, 0.15) is 45.0 Å². The van der Waals surface area contributed by atoms with Crippen LogP contribution in [0, 0.1) is 6.92 Å². The number of aryl methyl sites for hydroxylation is 2. The molecule has 0 spiro atoms. The van der Waals surface area contributed by atoms with E-state index < -0.39 is 5.60 Å². The third kappa shape index (κ3) is 2.99. The van der Waals surface area contributed by atoms with Crippen molar-refractivity contribution in [2.75, 3.05) is 6.61 Å². The summed E-state index contributed by atoms with van der Waals surface area (Å²) in [5, 5.41) is 4.27. The summed E-state index contributed by atoms with van der Waals surface area (Å²) >= 11 is 0. The molecule has 0 aliphatic heterocycles. The minimum Gasteiger partial charge on any atom is -0.368 e. The molecule has 0 atom stereocenters. The second-order valence-corrected chi connectivity index (χ2v) is 4.64. The molecule has 0 aliphatic rings. The maximum atomic E-state index is 12.5. The van der Waals surface area contributed by atoms with E-state index >= 15 is 0 Å². The number of Topliss-reactive ketones (excluding diaryl/α,β-unsaturated/α-hetero) is 1. The fraction of sp³-hybridized carbons (Fsp3) is 0.714. The molecule has 1 rings (SSSR count). The van der Waals surface area contributed by atoms with Gasteiger partial charge in [0.25, 0.3) is 0 Å². The van der Waals surface area contributed by atoms with Crippen molar-refractivity contribution in [3.63, 3.8) is 0 Å². The Balaban J connectivity index is 2.88. The summed E-state index contributed by atoms with van der Waals surface area (Å²) in [5.41, 5.74) is 1.26. The molecule has 0 aromatic carbocycles. The van der Waals surface area contributed by atoms with Gasteiger partial charge in [0.05, 0.1) is 12.1 Å². The van der Waals surface area contributed by atoms with Gasteiger partial charge < -0.3 is 4.74 Å². The van der Waals surface area contributed by atoms with Crippen LogP contribution in [-0.4, -0.2) is 27.8 Å². The highest BCUT2D eigenvalue weighted by molar-refractivity contribution is 5.88. The first-order chi connectivity index (χ1) is 8.49. The van der Waals surface area contributed by atoms with E-state index in [9.17, 15) is 4.79 Å². The molecule has 18 heavy (non-hydrogen) atoms. The predicted molar refractivity (Wildman–Crippen MR) is 71.6 cm³/mol. The maximum Gasteiger partial charge on any atom is 0.170 e. The summed E-state index contributed by atoms with van der Waals surface area (Å²) in [6.07, 6.45) is 1.82. The fourth-order valence-corrected chi connectivity index (χ4v) is 2.36. The first kappa shape index (κ1) is 14.9. The number of carbonyl (C=O) groups excluding carboxylic acids is 1. The third-order valence-electron chi connectivity index (χ3n) is 3.51. The van der Waals surface area contributed by atoms with Crippen molar-refractivity contribution in [2.45, 2.75) is 52.6 Å². The molecular formula is C14H24N2O2. The average molecular weight is 252 g/mol. The monoisotopic (exact) mass is 252 g/mol. The summed E-state index contributed by atoms with van der Waals surface area (Å²) in [6, 6.07) is 1.96. The number of nitrogens with zero attached hydrogens (tertiary/aromatic N) is 2. The van der Waals surface area contributed by atoms with Gasteiger partial charge in [-0.2, -0.15) is 5.10 Å². The minimum atomic E-state index is -0.632. The third-order valence-corrected chi connectivity index (χ3v) is 3.51. The lowest BCUT2D eigenvalue weighted by Gasteiger charge is -2.29. The summed E-state index contributed by atoms with van der Waals surface area (Å²) in [5.74, 6) is 0.150. The van der Waals surface area contributed by atoms with Gasteiger partial charge in [0.2, 0.25) is 0 Å². The SMILES string of the molecule is CCOC(CC)(CC)C(=O)Cc1cc(C)nn1C. The molecule has 0 radical (unpaired) electrons. The summed E-state index contributed by atoms with van der Waals surface area (Å²) < 4.78 is 7.50. The Bertz CT molecular complexity index is 406. The molecule has 1 aromatic heterocycles. The van der Waals surface area contributed by atoms with Crippen molar-refractivity contribution in [1.82, 2.24) is 9.78 Å². The molecule has 4 nitrogen and oxygen atoms in total. The highest BCUT2D eigenvalue weighted by Gasteiger charge is 2.35. The number of rotatable bonds is 7. The lowest BCUT2D eigenvalue weighted by Crippen LogP contribution is -2.41. The number of aromatic nitrogens is 2. The molecule has 102 valence electrons. The molecule has 0 fully saturated rings. The van der Waals surface area contributed by atoms with E-state index in [2.05, 4.69) is 5.10 Å². The number of ketones is 1. The molecule has 0 unspecified atom stereocenters. The van der Waals surface area contributed by atoms with Gasteiger partial charge in [-0.1, -0.05) is 13.8 Å². The molecule has 0 saturated heterocycles. The standard InChI is InChI=1S/C14H24N2O2/c1-6-14(7-2,18-8-3)13(17)10-12-9-11(4)15-16(12)5/h9H,6-8,10H2,1-5H3. The summed E-state index contributed by atoms with van der Waals surface area (Å²) in [7, 11) is 1.87. The number of hydrogen-bond acceptors (Lipinski definition) is 3. The lowest BCUT2D eigenvalue weighted by atomic mass is 9.89. The number of hydrogen-bond donors (Lipinski definition) is 0. The van der Waals surface area contributed by atoms with Gasteiger partial charge in [0.1, 0.15) is 5.60 Å². The summed E-state index contributed by atoms with van der Waals surface area (Å²) in [6.45, 7) is 8.44. The smallest absolute Gasteiger partial charge is 0.170 e. The van der Waals surface area contributed by atoms with E-state index in [1.54, 1.807) is 4.68 Å². The highest BCUT2D eigenvalue weighted by Crippen LogP contribution is 2.23. The molecule has 0 N–H and O–H groups in total.